The van der Waals surface area contributed by atoms with E-state index >= 15 is 0 Å². The Balaban J connectivity index is 0.00000324. The summed E-state index contributed by atoms with van der Waals surface area (Å²) in [6.45, 7) is 8.43. The Labute approximate surface area is 242 Å². The molecule has 2 aromatic carbocycles. The Morgan fingerprint density at radius 1 is 0.917 bits per heavy atom. The molecule has 9 nitrogen and oxygen atoms in total. The van der Waals surface area contributed by atoms with E-state index in [0.717, 1.165) is 13.1 Å². The Kier molecular flexibility index (Phi) is 12.4. The van der Waals surface area contributed by atoms with Crippen molar-refractivity contribution in [1.29, 1.82) is 0 Å². The largest absolute Gasteiger partial charge is 0.675 e. The number of rotatable bonds is 8. The van der Waals surface area contributed by atoms with Gasteiger partial charge in [0.1, 0.15) is 0 Å². The molecular weight excluding hydrogens is 798 g/mol. The maximum absolute atomic E-state index is 12.9. The number of fused-ring (bicyclic) bond motifs is 1. The van der Waals surface area contributed by atoms with Gasteiger partial charge in [-0.05, 0) is 50.2 Å². The molecule has 36 heavy (non-hydrogen) atoms. The van der Waals surface area contributed by atoms with E-state index in [2.05, 4.69) is 36.3 Å². The number of hydrogen-bond donors (Lipinski definition) is 2. The van der Waals surface area contributed by atoms with E-state index in [9.17, 15) is 14.4 Å². The first kappa shape index (κ1) is 31.9. The number of carbonyl (C=O) groups excluding carboxylic acids is 1. The minimum Gasteiger partial charge on any atom is -0.675 e. The number of benzene rings is 2. The van der Waals surface area contributed by atoms with E-state index in [1.54, 1.807) is 41.3 Å². The molecule has 3 rings (SSSR count). The van der Waals surface area contributed by atoms with Gasteiger partial charge in [0.15, 0.2) is 0 Å². The number of hydrogen-bond acceptors (Lipinski definition) is 4. The van der Waals surface area contributed by atoms with Gasteiger partial charge < -0.3 is 25.7 Å². The van der Waals surface area contributed by atoms with Crippen LogP contribution in [0.5, 0.6) is 0 Å². The number of amides is 1. The molecule has 0 bridgehead atoms. The quantitative estimate of drug-likeness (QED) is 0.389. The van der Waals surface area contributed by atoms with Gasteiger partial charge in [-0.15, -0.1) is 11.4 Å². The van der Waals surface area contributed by atoms with Gasteiger partial charge in [0.05, 0.1) is 0 Å². The van der Waals surface area contributed by atoms with Gasteiger partial charge in [0.2, 0.25) is 5.91 Å². The smallest absolute Gasteiger partial charge is 0.285 e. The second kappa shape index (κ2) is 14.0. The maximum atomic E-state index is 12.9. The molecule has 0 unspecified atom stereocenters. The molecular formula is C25H30N4O5Ta2-2. The standard InChI is InChI=1S/C25H31N4O5.2Ta/c1-25(2,3)29-12-10-28(11-13-29)21(30)9-8-17-14-20(26-15-22(31)32)18-6-4-5-7-19(18)24(17)27-16-23(33)34;;/h4-9,14H,10-13,15-16H2,1-3H3,(H3,27,30,31,32,33,34);;/q-1;;/p-1. The summed E-state index contributed by atoms with van der Waals surface area (Å²) < 4.78 is 0. The molecule has 1 saturated heterocycles. The molecule has 0 saturated carbocycles. The molecule has 0 spiro atoms. The average molecular weight is 828 g/mol. The zero-order valence-corrected chi connectivity index (χ0v) is 27.0. The van der Waals surface area contributed by atoms with Gasteiger partial charge in [0.25, 0.3) is 11.9 Å². The average Bonchev–Trinajstić information content (AvgIpc) is 2.79. The summed E-state index contributed by atoms with van der Waals surface area (Å²) in [5.41, 5.74) is 1.42. The van der Waals surface area contributed by atoms with Gasteiger partial charge in [-0.25, -0.2) is 0 Å². The molecule has 1 fully saturated rings. The predicted molar refractivity (Wildman–Crippen MR) is 132 cm³/mol. The van der Waals surface area contributed by atoms with Crippen molar-refractivity contribution in [1.82, 2.24) is 9.80 Å². The topological polar surface area (TPSA) is 126 Å². The van der Waals surface area contributed by atoms with Crippen LogP contribution in [0.15, 0.2) is 36.4 Å². The van der Waals surface area contributed by atoms with Crippen molar-refractivity contribution < 1.29 is 69.4 Å². The van der Waals surface area contributed by atoms with Crippen molar-refractivity contribution in [3.63, 3.8) is 0 Å². The van der Waals surface area contributed by atoms with Crippen molar-refractivity contribution in [3.8, 4) is 0 Å². The van der Waals surface area contributed by atoms with Crippen LogP contribution in [0, 0.1) is 0 Å². The number of carboxylic acid groups (broad SMARTS) is 2. The summed E-state index contributed by atoms with van der Waals surface area (Å²) in [6.07, 6.45) is 3.06. The molecule has 1 amide bonds. The molecule has 2 aromatic rings. The van der Waals surface area contributed by atoms with E-state index in [-0.39, 0.29) is 56.2 Å². The molecule has 1 heterocycles. The third-order valence-electron chi connectivity index (χ3n) is 5.73. The number of aliphatic carboxylic acids is 2. The second-order valence-electron chi connectivity index (χ2n) is 9.12. The fourth-order valence-electron chi connectivity index (χ4n) is 3.96. The van der Waals surface area contributed by atoms with Crippen LogP contribution >= 0.6 is 0 Å². The van der Waals surface area contributed by atoms with E-state index in [1.807, 2.05) is 0 Å². The van der Waals surface area contributed by atoms with Crippen LogP contribution in [0.2, 0.25) is 0 Å². The minimum atomic E-state index is -1.08. The second-order valence-corrected chi connectivity index (χ2v) is 9.12. The summed E-state index contributed by atoms with van der Waals surface area (Å²) in [5, 5.41) is 28.0. The first-order valence-electron chi connectivity index (χ1n) is 11.1. The first-order chi connectivity index (χ1) is 16.1. The number of carboxylic acids is 2. The van der Waals surface area contributed by atoms with Gasteiger partial charge >= 0.3 is 0 Å². The van der Waals surface area contributed by atoms with Crippen LogP contribution in [-0.4, -0.2) is 82.7 Å². The molecule has 1 aliphatic heterocycles. The van der Waals surface area contributed by atoms with Crippen LogP contribution in [0.4, 0.5) is 11.4 Å². The van der Waals surface area contributed by atoms with E-state index in [4.69, 9.17) is 10.2 Å². The molecule has 2 N–H and O–H groups in total. The van der Waals surface area contributed by atoms with Crippen LogP contribution in [0.3, 0.4) is 0 Å². The van der Waals surface area contributed by atoms with E-state index in [1.165, 1.54) is 6.08 Å². The summed E-state index contributed by atoms with van der Waals surface area (Å²) in [6, 6.07) is 8.78. The fraction of sp³-hybridized carbons (Fsp3) is 0.400. The first-order valence-corrected chi connectivity index (χ1v) is 11.1. The SMILES string of the molecule is CC(C)(C)N1CCN(C(=O)/C=C/c2cc([N-]CC(=O)O)c3ccccc3c2[N-]CC(=O)O)CC1.[Ta].[Ta]. The van der Waals surface area contributed by atoms with Gasteiger partial charge in [0, 0.05) is 82.6 Å². The summed E-state index contributed by atoms with van der Waals surface area (Å²) in [7, 11) is 0. The van der Waals surface area contributed by atoms with Crippen molar-refractivity contribution in [2.24, 2.45) is 0 Å². The van der Waals surface area contributed by atoms with Crippen LogP contribution < -0.4 is 0 Å². The van der Waals surface area contributed by atoms with Crippen LogP contribution in [0.1, 0.15) is 26.3 Å². The Morgan fingerprint density at radius 2 is 1.47 bits per heavy atom. The molecule has 192 valence electrons. The van der Waals surface area contributed by atoms with Crippen molar-refractivity contribution in [3.05, 3.63) is 52.6 Å². The monoisotopic (exact) mass is 828 g/mol. The fourth-order valence-corrected chi connectivity index (χ4v) is 3.96. The minimum absolute atomic E-state index is 0. The van der Waals surface area contributed by atoms with Crippen molar-refractivity contribution >= 4 is 46.1 Å². The Hall–Kier alpha value is -2.11. The normalized spacial score (nSPS) is 14.1. The zero-order valence-electron chi connectivity index (χ0n) is 20.6. The van der Waals surface area contributed by atoms with E-state index < -0.39 is 25.0 Å². The van der Waals surface area contributed by atoms with Crippen molar-refractivity contribution in [2.45, 2.75) is 26.3 Å². The van der Waals surface area contributed by atoms with Gasteiger partial charge in [-0.1, -0.05) is 36.4 Å². The number of piperazine rings is 1. The van der Waals surface area contributed by atoms with Gasteiger partial charge in [-0.3, -0.25) is 19.3 Å². The third-order valence-corrected chi connectivity index (χ3v) is 5.73. The Bertz CT molecular complexity index is 1110. The van der Waals surface area contributed by atoms with Crippen LogP contribution in [0.25, 0.3) is 27.5 Å². The molecule has 2 radical (unpaired) electrons. The predicted octanol–water partition coefficient (Wildman–Crippen LogP) is 3.97. The molecule has 0 aromatic heterocycles. The summed E-state index contributed by atoms with van der Waals surface area (Å²) in [5.74, 6) is -2.29. The number of nitrogens with zero attached hydrogens (tertiary/aromatic N) is 4. The molecule has 11 heteroatoms. The number of carbonyl (C=O) groups is 3. The van der Waals surface area contributed by atoms with E-state index in [0.29, 0.717) is 40.8 Å². The molecule has 0 aliphatic carbocycles. The molecule has 1 aliphatic rings. The Morgan fingerprint density at radius 3 is 2.03 bits per heavy atom. The summed E-state index contributed by atoms with van der Waals surface area (Å²) in [4.78, 5) is 39.2. The zero-order chi connectivity index (χ0) is 24.9. The molecule has 0 atom stereocenters. The van der Waals surface area contributed by atoms with Crippen LogP contribution in [-0.2, 0) is 59.1 Å². The summed E-state index contributed by atoms with van der Waals surface area (Å²) >= 11 is 0. The van der Waals surface area contributed by atoms with Gasteiger partial charge in [-0.2, -0.15) is 0 Å². The van der Waals surface area contributed by atoms with Crippen molar-refractivity contribution in [2.75, 3.05) is 39.3 Å². The maximum Gasteiger partial charge on any atom is 0.285 e. The third kappa shape index (κ3) is 8.48.